The molecule has 8 rings (SSSR count). The number of imidazole rings is 1. The average molecular weight is 715 g/mol. The molecule has 0 spiro atoms. The Kier molecular flexibility index (Phi) is 9.18. The van der Waals surface area contributed by atoms with Gasteiger partial charge in [0, 0.05) is 75.2 Å². The zero-order valence-corrected chi connectivity index (χ0v) is 30.1. The number of ether oxygens (including phenoxy) is 1. The summed E-state index contributed by atoms with van der Waals surface area (Å²) in [5.41, 5.74) is 10.6. The van der Waals surface area contributed by atoms with Crippen LogP contribution in [0.3, 0.4) is 0 Å². The monoisotopic (exact) mass is 714 g/mol. The number of piperazine rings is 1. The second-order valence-corrected chi connectivity index (χ2v) is 15.3. The number of hydrogen-bond acceptors (Lipinski definition) is 8. The predicted molar refractivity (Wildman–Crippen MR) is 198 cm³/mol. The smallest absolute Gasteiger partial charge is 0.410 e. The maximum absolute atomic E-state index is 14.2. The molecular weight excluding hydrogens is 668 g/mol. The highest BCUT2D eigenvalue weighted by atomic mass is 35.5. The SMILES string of the molecule is CCc1cc(C[C@@H](OC(=O)N2CCC(n3c(=O)[nH]c4c5ccccc5ncc43)CC2)C(=O)N2CCC(N3CC4CC3CN4C)CC2)cc(Cl)c1N. The third-order valence-electron chi connectivity index (χ3n) is 12.0. The fourth-order valence-corrected chi connectivity index (χ4v) is 9.35. The summed E-state index contributed by atoms with van der Waals surface area (Å²) in [4.78, 5) is 57.4. The summed E-state index contributed by atoms with van der Waals surface area (Å²) in [7, 11) is 2.22. The Bertz CT molecular complexity index is 2010. The van der Waals surface area contributed by atoms with Crippen LogP contribution in [0.4, 0.5) is 10.5 Å². The number of aryl methyl sites for hydroxylation is 1. The van der Waals surface area contributed by atoms with Crippen LogP contribution in [0, 0.1) is 0 Å². The number of fused-ring (bicyclic) bond motifs is 5. The quantitative estimate of drug-likeness (QED) is 0.269. The van der Waals surface area contributed by atoms with E-state index in [1.807, 2.05) is 42.2 Å². The summed E-state index contributed by atoms with van der Waals surface area (Å²) >= 11 is 6.51. The van der Waals surface area contributed by atoms with Crippen molar-refractivity contribution in [3.63, 3.8) is 0 Å². The highest BCUT2D eigenvalue weighted by molar-refractivity contribution is 6.33. The molecule has 2 unspecified atom stereocenters. The summed E-state index contributed by atoms with van der Waals surface area (Å²) in [6.45, 7) is 6.31. The molecule has 0 aliphatic carbocycles. The minimum Gasteiger partial charge on any atom is -0.436 e. The molecule has 12 nitrogen and oxygen atoms in total. The number of pyridine rings is 1. The molecule has 0 radical (unpaired) electrons. The molecule has 4 saturated heterocycles. The van der Waals surface area contributed by atoms with E-state index < -0.39 is 12.2 Å². The van der Waals surface area contributed by atoms with Gasteiger partial charge in [0.1, 0.15) is 0 Å². The number of amides is 2. The summed E-state index contributed by atoms with van der Waals surface area (Å²) in [5, 5.41) is 1.34. The van der Waals surface area contributed by atoms with Crippen molar-refractivity contribution < 1.29 is 14.3 Å². The number of nitrogen functional groups attached to an aromatic ring is 1. The van der Waals surface area contributed by atoms with Gasteiger partial charge in [-0.2, -0.15) is 0 Å². The normalized spacial score (nSPS) is 22.7. The molecule has 4 aromatic rings. The van der Waals surface area contributed by atoms with Gasteiger partial charge in [0.25, 0.3) is 5.91 Å². The number of benzene rings is 2. The van der Waals surface area contributed by atoms with Gasteiger partial charge in [-0.05, 0) is 68.8 Å². The van der Waals surface area contributed by atoms with Gasteiger partial charge >= 0.3 is 11.8 Å². The minimum atomic E-state index is -0.997. The van der Waals surface area contributed by atoms with Crippen LogP contribution in [-0.4, -0.2) is 117 Å². The Hall–Kier alpha value is -4.13. The Morgan fingerprint density at radius 2 is 1.73 bits per heavy atom. The fraction of sp³-hybridized carbons (Fsp3) is 0.526. The zero-order valence-electron chi connectivity index (χ0n) is 29.4. The first-order chi connectivity index (χ1) is 24.7. The van der Waals surface area contributed by atoms with E-state index in [0.717, 1.165) is 59.0 Å². The number of H-pyrrole nitrogens is 1. The first-order valence-corrected chi connectivity index (χ1v) is 18.8. The second kappa shape index (κ2) is 13.8. The van der Waals surface area contributed by atoms with Crippen molar-refractivity contribution in [2.45, 2.75) is 82.1 Å². The minimum absolute atomic E-state index is 0.104. The number of para-hydroxylation sites is 1. The lowest BCUT2D eigenvalue weighted by Gasteiger charge is -2.42. The number of carbonyl (C=O) groups excluding carboxylic acids is 2. The van der Waals surface area contributed by atoms with Crippen molar-refractivity contribution in [1.82, 2.24) is 34.1 Å². The molecule has 270 valence electrons. The van der Waals surface area contributed by atoms with E-state index in [2.05, 4.69) is 26.8 Å². The number of aromatic nitrogens is 3. The number of rotatable bonds is 7. The molecule has 2 amide bonds. The van der Waals surface area contributed by atoms with E-state index in [1.165, 1.54) is 6.42 Å². The lowest BCUT2D eigenvalue weighted by Crippen LogP contribution is -2.54. The van der Waals surface area contributed by atoms with Crippen molar-refractivity contribution in [3.05, 3.63) is 69.2 Å². The number of nitrogens with one attached hydrogen (secondary N) is 1. The Morgan fingerprint density at radius 3 is 2.43 bits per heavy atom. The fourth-order valence-electron chi connectivity index (χ4n) is 9.09. The lowest BCUT2D eigenvalue weighted by atomic mass is 9.99. The third kappa shape index (κ3) is 6.35. The van der Waals surface area contributed by atoms with Crippen molar-refractivity contribution in [1.29, 1.82) is 0 Å². The molecule has 13 heteroatoms. The van der Waals surface area contributed by atoms with E-state index in [1.54, 1.807) is 21.7 Å². The van der Waals surface area contributed by atoms with E-state index in [0.29, 0.717) is 74.3 Å². The highest BCUT2D eigenvalue weighted by Gasteiger charge is 2.45. The molecule has 4 aliphatic heterocycles. The molecule has 4 fully saturated rings. The van der Waals surface area contributed by atoms with Gasteiger partial charge < -0.3 is 30.2 Å². The largest absolute Gasteiger partial charge is 0.436 e. The van der Waals surface area contributed by atoms with Crippen molar-refractivity contribution in [2.75, 3.05) is 52.0 Å². The Morgan fingerprint density at radius 1 is 1.00 bits per heavy atom. The van der Waals surface area contributed by atoms with Gasteiger partial charge in [0.2, 0.25) is 0 Å². The molecule has 3 atom stereocenters. The number of likely N-dealkylation sites (N-methyl/N-ethyl adjacent to an activating group) is 1. The molecule has 2 bridgehead atoms. The van der Waals surface area contributed by atoms with Gasteiger partial charge in [-0.1, -0.05) is 42.8 Å². The number of nitrogens with zero attached hydrogens (tertiary/aromatic N) is 6. The summed E-state index contributed by atoms with van der Waals surface area (Å²) < 4.78 is 7.89. The van der Waals surface area contributed by atoms with Crippen LogP contribution in [-0.2, 0) is 22.4 Å². The van der Waals surface area contributed by atoms with Gasteiger partial charge in [-0.3, -0.25) is 19.2 Å². The van der Waals surface area contributed by atoms with Gasteiger partial charge in [0.05, 0.1) is 33.5 Å². The molecular formula is C38H47ClN8O4. The highest BCUT2D eigenvalue weighted by Crippen LogP contribution is 2.34. The maximum Gasteiger partial charge on any atom is 0.410 e. The maximum atomic E-state index is 14.2. The predicted octanol–water partition coefficient (Wildman–Crippen LogP) is 4.44. The summed E-state index contributed by atoms with van der Waals surface area (Å²) in [6, 6.07) is 13.1. The molecule has 0 saturated carbocycles. The first-order valence-electron chi connectivity index (χ1n) is 18.4. The van der Waals surface area contributed by atoms with Crippen LogP contribution in [0.5, 0.6) is 0 Å². The molecule has 2 aromatic carbocycles. The second-order valence-electron chi connectivity index (χ2n) is 14.9. The van der Waals surface area contributed by atoms with Crippen LogP contribution in [0.1, 0.15) is 56.2 Å². The number of halogens is 1. The van der Waals surface area contributed by atoms with Crippen molar-refractivity contribution in [3.8, 4) is 0 Å². The molecule has 6 heterocycles. The van der Waals surface area contributed by atoms with Crippen LogP contribution >= 0.6 is 11.6 Å². The first kappa shape index (κ1) is 34.0. The standard InChI is InChI=1S/C38H47ClN8O4/c1-3-24-16-23(17-30(39)34(24)40)18-33(36(48)44-12-8-25(9-13-44)46-22-27-19-28(46)21-43(27)2)51-38(50)45-14-10-26(11-15-45)47-32-20-41-31-7-5-4-6-29(31)35(32)42-37(47)49/h4-7,16-17,20,25-28,33H,3,8-15,18-19,21-22,40H2,1-2H3,(H,42,49)/t27?,28?,33-/m1/s1. The van der Waals surface area contributed by atoms with Crippen LogP contribution < -0.4 is 11.4 Å². The molecule has 3 N–H and O–H groups in total. The van der Waals surface area contributed by atoms with Crippen LogP contribution in [0.2, 0.25) is 5.02 Å². The Balaban J connectivity index is 0.956. The van der Waals surface area contributed by atoms with Crippen LogP contribution in [0.25, 0.3) is 21.9 Å². The summed E-state index contributed by atoms with van der Waals surface area (Å²) in [5.74, 6) is -0.171. The molecule has 2 aromatic heterocycles. The van der Waals surface area contributed by atoms with E-state index in [9.17, 15) is 14.4 Å². The van der Waals surface area contributed by atoms with Gasteiger partial charge in [0.15, 0.2) is 6.10 Å². The van der Waals surface area contributed by atoms with E-state index >= 15 is 0 Å². The lowest BCUT2D eigenvalue weighted by molar-refractivity contribution is -0.142. The van der Waals surface area contributed by atoms with Gasteiger partial charge in [-0.15, -0.1) is 0 Å². The zero-order chi connectivity index (χ0) is 35.4. The van der Waals surface area contributed by atoms with Gasteiger partial charge in [-0.25, -0.2) is 9.59 Å². The number of nitrogens with two attached hydrogens (primary N) is 1. The topological polar surface area (TPSA) is 133 Å². The van der Waals surface area contributed by atoms with Crippen LogP contribution in [0.15, 0.2) is 47.4 Å². The van der Waals surface area contributed by atoms with Crippen molar-refractivity contribution in [2.24, 2.45) is 0 Å². The number of piperidine rings is 2. The Labute approximate surface area is 302 Å². The number of likely N-dealkylation sites (tertiary alicyclic amines) is 4. The average Bonchev–Trinajstić information content (AvgIpc) is 3.84. The number of anilines is 1. The number of hydrogen-bond donors (Lipinski definition) is 2. The number of carbonyl (C=O) groups is 2. The number of aromatic amines is 1. The van der Waals surface area contributed by atoms with Crippen molar-refractivity contribution >= 4 is 51.2 Å². The summed E-state index contributed by atoms with van der Waals surface area (Å²) in [6.07, 6.45) is 5.35. The van der Waals surface area contributed by atoms with E-state index in [4.69, 9.17) is 22.1 Å². The van der Waals surface area contributed by atoms with E-state index in [-0.39, 0.29) is 24.1 Å². The molecule has 51 heavy (non-hydrogen) atoms. The molecule has 4 aliphatic rings. The third-order valence-corrected chi connectivity index (χ3v) is 12.3.